The van der Waals surface area contributed by atoms with Gasteiger partial charge in [-0.2, -0.15) is 4.98 Å². The molecule has 1 heterocycles. The van der Waals surface area contributed by atoms with Gasteiger partial charge in [-0.25, -0.2) is 0 Å². The van der Waals surface area contributed by atoms with Gasteiger partial charge in [0.1, 0.15) is 0 Å². The lowest BCUT2D eigenvalue weighted by Gasteiger charge is -2.16. The fourth-order valence-electron chi connectivity index (χ4n) is 2.38. The molecule has 1 unspecified atom stereocenters. The van der Waals surface area contributed by atoms with Crippen molar-refractivity contribution in [3.8, 4) is 0 Å². The number of nitrogens with two attached hydrogens (primary N) is 1. The number of rotatable bonds is 5. The van der Waals surface area contributed by atoms with E-state index in [1.165, 1.54) is 25.7 Å². The van der Waals surface area contributed by atoms with Gasteiger partial charge in [-0.15, -0.1) is 0 Å². The van der Waals surface area contributed by atoms with Crippen molar-refractivity contribution in [3.05, 3.63) is 5.89 Å². The second kappa shape index (κ2) is 5.49. The lowest BCUT2D eigenvalue weighted by molar-refractivity contribution is 0.341. The third-order valence-electron chi connectivity index (χ3n) is 3.69. The van der Waals surface area contributed by atoms with Crippen LogP contribution in [0.1, 0.15) is 38.5 Å². The van der Waals surface area contributed by atoms with Crippen LogP contribution in [0, 0.1) is 5.92 Å². The average molecular weight is 238 g/mol. The highest BCUT2D eigenvalue weighted by Crippen LogP contribution is 2.28. The molecular formula is C12H22N4O. The summed E-state index contributed by atoms with van der Waals surface area (Å²) in [5.41, 5.74) is 6.19. The van der Waals surface area contributed by atoms with E-state index in [9.17, 15) is 0 Å². The molecule has 0 aromatic carbocycles. The van der Waals surface area contributed by atoms with Crippen LogP contribution >= 0.6 is 0 Å². The SMILES string of the molecule is CCN(C)c1noc(CC(N)C2CCCC2)n1. The predicted molar refractivity (Wildman–Crippen MR) is 66.9 cm³/mol. The fourth-order valence-corrected chi connectivity index (χ4v) is 2.38. The summed E-state index contributed by atoms with van der Waals surface area (Å²) in [5.74, 6) is 1.95. The molecule has 1 fully saturated rings. The van der Waals surface area contributed by atoms with Crippen LogP contribution in [-0.2, 0) is 6.42 Å². The first kappa shape index (κ1) is 12.4. The molecule has 5 nitrogen and oxygen atoms in total. The smallest absolute Gasteiger partial charge is 0.265 e. The number of hydrogen-bond acceptors (Lipinski definition) is 5. The fraction of sp³-hybridized carbons (Fsp3) is 0.833. The van der Waals surface area contributed by atoms with Crippen molar-refractivity contribution >= 4 is 5.95 Å². The highest BCUT2D eigenvalue weighted by molar-refractivity contribution is 5.25. The highest BCUT2D eigenvalue weighted by atomic mass is 16.5. The third-order valence-corrected chi connectivity index (χ3v) is 3.69. The molecule has 2 N–H and O–H groups in total. The maximum absolute atomic E-state index is 6.19. The Bertz CT molecular complexity index is 346. The van der Waals surface area contributed by atoms with Gasteiger partial charge in [0.2, 0.25) is 5.89 Å². The minimum absolute atomic E-state index is 0.165. The van der Waals surface area contributed by atoms with Crippen molar-refractivity contribution in [2.75, 3.05) is 18.5 Å². The van der Waals surface area contributed by atoms with Crippen LogP contribution in [0.5, 0.6) is 0 Å². The summed E-state index contributed by atoms with van der Waals surface area (Å²) in [6, 6.07) is 0.165. The predicted octanol–water partition coefficient (Wildman–Crippen LogP) is 1.59. The zero-order valence-corrected chi connectivity index (χ0v) is 10.7. The Morgan fingerprint density at radius 2 is 2.18 bits per heavy atom. The lowest BCUT2D eigenvalue weighted by Crippen LogP contribution is -2.30. The topological polar surface area (TPSA) is 68.2 Å². The zero-order chi connectivity index (χ0) is 12.3. The van der Waals surface area contributed by atoms with Crippen LogP contribution in [-0.4, -0.2) is 29.8 Å². The molecular weight excluding hydrogens is 216 g/mol. The van der Waals surface area contributed by atoms with Gasteiger partial charge in [-0.3, -0.25) is 0 Å². The van der Waals surface area contributed by atoms with Gasteiger partial charge < -0.3 is 15.2 Å². The Balaban J connectivity index is 1.91. The van der Waals surface area contributed by atoms with E-state index < -0.39 is 0 Å². The van der Waals surface area contributed by atoms with Gasteiger partial charge in [0.15, 0.2) is 0 Å². The molecule has 1 aliphatic carbocycles. The normalized spacial score (nSPS) is 18.5. The van der Waals surface area contributed by atoms with Crippen LogP contribution in [0.3, 0.4) is 0 Å². The molecule has 1 aliphatic rings. The van der Waals surface area contributed by atoms with Crippen molar-refractivity contribution in [3.63, 3.8) is 0 Å². The molecule has 1 saturated carbocycles. The molecule has 0 bridgehead atoms. The summed E-state index contributed by atoms with van der Waals surface area (Å²) in [7, 11) is 1.95. The van der Waals surface area contributed by atoms with Crippen molar-refractivity contribution in [1.29, 1.82) is 0 Å². The van der Waals surface area contributed by atoms with E-state index in [0.717, 1.165) is 6.54 Å². The molecule has 2 rings (SSSR count). The molecule has 1 atom stereocenters. The second-order valence-corrected chi connectivity index (χ2v) is 4.91. The highest BCUT2D eigenvalue weighted by Gasteiger charge is 2.24. The number of hydrogen-bond donors (Lipinski definition) is 1. The van der Waals surface area contributed by atoms with Crippen LogP contribution in [0.15, 0.2) is 4.52 Å². The molecule has 0 radical (unpaired) electrons. The summed E-state index contributed by atoms with van der Waals surface area (Å²) in [4.78, 5) is 6.31. The summed E-state index contributed by atoms with van der Waals surface area (Å²) in [6.07, 6.45) is 5.82. The Morgan fingerprint density at radius 1 is 1.47 bits per heavy atom. The number of aromatic nitrogens is 2. The van der Waals surface area contributed by atoms with E-state index in [1.807, 2.05) is 11.9 Å². The van der Waals surface area contributed by atoms with Crippen LogP contribution in [0.4, 0.5) is 5.95 Å². The maximum Gasteiger partial charge on any atom is 0.265 e. The van der Waals surface area contributed by atoms with E-state index in [1.54, 1.807) is 0 Å². The van der Waals surface area contributed by atoms with Crippen molar-refractivity contribution < 1.29 is 4.52 Å². The van der Waals surface area contributed by atoms with Gasteiger partial charge in [0.05, 0.1) is 0 Å². The first-order valence-corrected chi connectivity index (χ1v) is 6.50. The third kappa shape index (κ3) is 2.97. The minimum atomic E-state index is 0.165. The monoisotopic (exact) mass is 238 g/mol. The van der Waals surface area contributed by atoms with Gasteiger partial charge in [-0.1, -0.05) is 12.8 Å². The van der Waals surface area contributed by atoms with E-state index >= 15 is 0 Å². The Labute approximate surface area is 102 Å². The molecule has 0 saturated heterocycles. The molecule has 96 valence electrons. The lowest BCUT2D eigenvalue weighted by atomic mass is 9.96. The standard InChI is InChI=1S/C12H22N4O/c1-3-16(2)12-14-11(17-15-12)8-10(13)9-6-4-5-7-9/h9-10H,3-8,13H2,1-2H3. The minimum Gasteiger partial charge on any atom is -0.342 e. The van der Waals surface area contributed by atoms with Gasteiger partial charge >= 0.3 is 0 Å². The summed E-state index contributed by atoms with van der Waals surface area (Å²) in [5, 5.41) is 3.95. The first-order chi connectivity index (χ1) is 8.20. The molecule has 5 heteroatoms. The summed E-state index contributed by atoms with van der Waals surface area (Å²) >= 11 is 0. The van der Waals surface area contributed by atoms with E-state index in [-0.39, 0.29) is 6.04 Å². The number of anilines is 1. The summed E-state index contributed by atoms with van der Waals surface area (Å²) in [6.45, 7) is 2.92. The Hall–Kier alpha value is -1.10. The van der Waals surface area contributed by atoms with Gasteiger partial charge in [0, 0.05) is 26.1 Å². The quantitative estimate of drug-likeness (QED) is 0.843. The molecule has 0 amide bonds. The van der Waals surface area contributed by atoms with Crippen molar-refractivity contribution in [1.82, 2.24) is 10.1 Å². The van der Waals surface area contributed by atoms with Crippen LogP contribution in [0.2, 0.25) is 0 Å². The maximum atomic E-state index is 6.19. The Kier molecular flexibility index (Phi) is 3.99. The van der Waals surface area contributed by atoms with Crippen LogP contribution < -0.4 is 10.6 Å². The molecule has 17 heavy (non-hydrogen) atoms. The van der Waals surface area contributed by atoms with Crippen LogP contribution in [0.25, 0.3) is 0 Å². The van der Waals surface area contributed by atoms with E-state index in [4.69, 9.17) is 10.3 Å². The average Bonchev–Trinajstić information content (AvgIpc) is 2.98. The molecule has 1 aromatic heterocycles. The zero-order valence-electron chi connectivity index (χ0n) is 10.7. The van der Waals surface area contributed by atoms with Gasteiger partial charge in [0.25, 0.3) is 5.95 Å². The summed E-state index contributed by atoms with van der Waals surface area (Å²) < 4.78 is 5.24. The van der Waals surface area contributed by atoms with Crippen molar-refractivity contribution in [2.24, 2.45) is 11.7 Å². The molecule has 0 spiro atoms. The largest absolute Gasteiger partial charge is 0.342 e. The first-order valence-electron chi connectivity index (χ1n) is 6.50. The number of nitrogens with zero attached hydrogens (tertiary/aromatic N) is 3. The Morgan fingerprint density at radius 3 is 2.82 bits per heavy atom. The second-order valence-electron chi connectivity index (χ2n) is 4.91. The van der Waals surface area contributed by atoms with Gasteiger partial charge in [-0.05, 0) is 30.8 Å². The van der Waals surface area contributed by atoms with Crippen molar-refractivity contribution in [2.45, 2.75) is 45.1 Å². The van der Waals surface area contributed by atoms with E-state index in [2.05, 4.69) is 17.1 Å². The molecule has 1 aromatic rings. The van der Waals surface area contributed by atoms with E-state index in [0.29, 0.717) is 24.2 Å². The molecule has 0 aliphatic heterocycles.